The number of anilines is 1. The molecule has 1 atom stereocenters. The number of aryl methyl sites for hydroxylation is 1. The van der Waals surface area contributed by atoms with Gasteiger partial charge in [-0.2, -0.15) is 0 Å². The van der Waals surface area contributed by atoms with Gasteiger partial charge in [-0.15, -0.1) is 0 Å². The molecule has 0 aliphatic carbocycles. The molecule has 0 bridgehead atoms. The summed E-state index contributed by atoms with van der Waals surface area (Å²) in [6, 6.07) is 18.6. The molecule has 1 saturated heterocycles. The lowest BCUT2D eigenvalue weighted by Crippen LogP contribution is -2.49. The molecule has 2 amide bonds. The van der Waals surface area contributed by atoms with Crippen LogP contribution < -0.4 is 15.5 Å². The second-order valence-electron chi connectivity index (χ2n) is 7.20. The number of benzene rings is 2. The average Bonchev–Trinajstić information content (AvgIpc) is 2.69. The van der Waals surface area contributed by atoms with Crippen LogP contribution in [0, 0.1) is 6.92 Å². The number of amides is 2. The van der Waals surface area contributed by atoms with E-state index in [9.17, 15) is 4.79 Å². The van der Waals surface area contributed by atoms with Gasteiger partial charge in [-0.25, -0.2) is 4.79 Å². The van der Waals surface area contributed by atoms with Crippen LogP contribution in [0.1, 0.15) is 24.1 Å². The number of nitrogens with zero attached hydrogens (tertiary/aromatic N) is 2. The van der Waals surface area contributed by atoms with Crippen molar-refractivity contribution >= 4 is 11.7 Å². The van der Waals surface area contributed by atoms with Crippen molar-refractivity contribution < 1.29 is 4.79 Å². The first-order chi connectivity index (χ1) is 13.1. The molecule has 1 heterocycles. The Balaban J connectivity index is 1.35. The molecule has 2 aromatic rings. The largest absolute Gasteiger partial charge is 0.369 e. The Hall–Kier alpha value is -2.53. The van der Waals surface area contributed by atoms with Crippen molar-refractivity contribution in [3.05, 3.63) is 65.7 Å². The van der Waals surface area contributed by atoms with Crippen molar-refractivity contribution in [3.8, 4) is 0 Å². The summed E-state index contributed by atoms with van der Waals surface area (Å²) in [5.41, 5.74) is 3.72. The summed E-state index contributed by atoms with van der Waals surface area (Å²) < 4.78 is 0. The van der Waals surface area contributed by atoms with Gasteiger partial charge in [0.15, 0.2) is 0 Å². The fourth-order valence-corrected chi connectivity index (χ4v) is 3.45. The van der Waals surface area contributed by atoms with Crippen LogP contribution in [0.25, 0.3) is 0 Å². The van der Waals surface area contributed by atoms with E-state index in [-0.39, 0.29) is 12.1 Å². The van der Waals surface area contributed by atoms with E-state index < -0.39 is 0 Å². The molecular weight excluding hydrogens is 336 g/mol. The number of carbonyl (C=O) groups is 1. The summed E-state index contributed by atoms with van der Waals surface area (Å²) in [4.78, 5) is 16.9. The molecule has 0 aromatic heterocycles. The molecule has 0 spiro atoms. The third-order valence-corrected chi connectivity index (χ3v) is 5.10. The van der Waals surface area contributed by atoms with E-state index in [2.05, 4.69) is 51.6 Å². The molecule has 5 nitrogen and oxygen atoms in total. The zero-order valence-corrected chi connectivity index (χ0v) is 16.3. The zero-order valence-electron chi connectivity index (χ0n) is 16.3. The maximum Gasteiger partial charge on any atom is 0.315 e. The van der Waals surface area contributed by atoms with Crippen LogP contribution in [0.5, 0.6) is 0 Å². The highest BCUT2D eigenvalue weighted by molar-refractivity contribution is 5.74. The van der Waals surface area contributed by atoms with Crippen molar-refractivity contribution in [1.29, 1.82) is 0 Å². The molecule has 2 aromatic carbocycles. The minimum atomic E-state index is -0.107. The second kappa shape index (κ2) is 9.42. The molecule has 5 heteroatoms. The third-order valence-electron chi connectivity index (χ3n) is 5.10. The van der Waals surface area contributed by atoms with Crippen LogP contribution in [-0.2, 0) is 0 Å². The molecule has 0 unspecified atom stereocenters. The Kier molecular flexibility index (Phi) is 6.71. The van der Waals surface area contributed by atoms with Crippen LogP contribution >= 0.6 is 0 Å². The van der Waals surface area contributed by atoms with Gasteiger partial charge < -0.3 is 15.5 Å². The quantitative estimate of drug-likeness (QED) is 0.825. The van der Waals surface area contributed by atoms with Gasteiger partial charge in [0, 0.05) is 45.0 Å². The third kappa shape index (κ3) is 5.73. The van der Waals surface area contributed by atoms with E-state index >= 15 is 0 Å². The molecule has 0 radical (unpaired) electrons. The number of rotatable bonds is 6. The standard InChI is InChI=1S/C22H30N4O/c1-18-7-6-10-21(17-18)26-15-13-25(14-16-26)12-11-23-22(27)24-19(2)20-8-4-3-5-9-20/h3-10,17,19H,11-16H2,1-2H3,(H2,23,24,27)/t19-/m1/s1. The van der Waals surface area contributed by atoms with Crippen molar-refractivity contribution in [1.82, 2.24) is 15.5 Å². The minimum Gasteiger partial charge on any atom is -0.369 e. The highest BCUT2D eigenvalue weighted by atomic mass is 16.2. The number of hydrogen-bond donors (Lipinski definition) is 2. The first-order valence-electron chi connectivity index (χ1n) is 9.75. The fourth-order valence-electron chi connectivity index (χ4n) is 3.45. The summed E-state index contributed by atoms with van der Waals surface area (Å²) >= 11 is 0. The molecule has 1 aliphatic heterocycles. The SMILES string of the molecule is Cc1cccc(N2CCN(CCNC(=O)N[C@H](C)c3ccccc3)CC2)c1. The number of piperazine rings is 1. The number of nitrogens with one attached hydrogen (secondary N) is 2. The Morgan fingerprint density at radius 1 is 1.04 bits per heavy atom. The normalized spacial score (nSPS) is 16.0. The number of urea groups is 1. The lowest BCUT2D eigenvalue weighted by Gasteiger charge is -2.36. The summed E-state index contributed by atoms with van der Waals surface area (Å²) in [5.74, 6) is 0. The summed E-state index contributed by atoms with van der Waals surface area (Å²) in [6.07, 6.45) is 0. The van der Waals surface area contributed by atoms with Gasteiger partial charge >= 0.3 is 6.03 Å². The van der Waals surface area contributed by atoms with Gasteiger partial charge in [0.05, 0.1) is 6.04 Å². The summed E-state index contributed by atoms with van der Waals surface area (Å²) in [7, 11) is 0. The summed E-state index contributed by atoms with van der Waals surface area (Å²) in [6.45, 7) is 9.79. The first-order valence-corrected chi connectivity index (χ1v) is 9.75. The maximum absolute atomic E-state index is 12.1. The van der Waals surface area contributed by atoms with Crippen molar-refractivity contribution in [2.75, 3.05) is 44.2 Å². The molecule has 3 rings (SSSR count). The van der Waals surface area contributed by atoms with Crippen LogP contribution in [0.2, 0.25) is 0 Å². The topological polar surface area (TPSA) is 47.6 Å². The Morgan fingerprint density at radius 3 is 2.48 bits per heavy atom. The lowest BCUT2D eigenvalue weighted by atomic mass is 10.1. The first kappa shape index (κ1) is 19.2. The fraction of sp³-hybridized carbons (Fsp3) is 0.409. The van der Waals surface area contributed by atoms with Crippen LogP contribution in [0.15, 0.2) is 54.6 Å². The molecule has 27 heavy (non-hydrogen) atoms. The Morgan fingerprint density at radius 2 is 1.78 bits per heavy atom. The predicted molar refractivity (Wildman–Crippen MR) is 111 cm³/mol. The zero-order chi connectivity index (χ0) is 19.1. The van der Waals surface area contributed by atoms with E-state index in [0.29, 0.717) is 6.54 Å². The average molecular weight is 367 g/mol. The van der Waals surface area contributed by atoms with Crippen molar-refractivity contribution in [2.45, 2.75) is 19.9 Å². The molecule has 1 fully saturated rings. The lowest BCUT2D eigenvalue weighted by molar-refractivity contribution is 0.229. The van der Waals surface area contributed by atoms with Gasteiger partial charge in [0.25, 0.3) is 0 Å². The van der Waals surface area contributed by atoms with E-state index in [4.69, 9.17) is 0 Å². The van der Waals surface area contributed by atoms with E-state index in [0.717, 1.165) is 38.3 Å². The molecular formula is C22H30N4O. The van der Waals surface area contributed by atoms with Gasteiger partial charge in [-0.05, 0) is 37.1 Å². The van der Waals surface area contributed by atoms with Gasteiger partial charge in [-0.1, -0.05) is 42.5 Å². The number of hydrogen-bond acceptors (Lipinski definition) is 3. The monoisotopic (exact) mass is 366 g/mol. The minimum absolute atomic E-state index is 0.00377. The molecule has 144 valence electrons. The molecule has 2 N–H and O–H groups in total. The van der Waals surface area contributed by atoms with E-state index in [1.54, 1.807) is 0 Å². The van der Waals surface area contributed by atoms with Crippen LogP contribution in [-0.4, -0.2) is 50.2 Å². The Labute approximate surface area is 162 Å². The highest BCUT2D eigenvalue weighted by Gasteiger charge is 2.17. The van der Waals surface area contributed by atoms with Crippen molar-refractivity contribution in [3.63, 3.8) is 0 Å². The number of carbonyl (C=O) groups excluding carboxylic acids is 1. The van der Waals surface area contributed by atoms with Gasteiger partial charge in [-0.3, -0.25) is 4.90 Å². The second-order valence-corrected chi connectivity index (χ2v) is 7.20. The van der Waals surface area contributed by atoms with Gasteiger partial charge in [0.1, 0.15) is 0 Å². The predicted octanol–water partition coefficient (Wildman–Crippen LogP) is 3.18. The Bertz CT molecular complexity index is 726. The van der Waals surface area contributed by atoms with Crippen molar-refractivity contribution in [2.24, 2.45) is 0 Å². The maximum atomic E-state index is 12.1. The van der Waals surface area contributed by atoms with E-state index in [1.807, 2.05) is 37.3 Å². The summed E-state index contributed by atoms with van der Waals surface area (Å²) in [5, 5.41) is 5.97. The smallest absolute Gasteiger partial charge is 0.315 e. The molecule has 0 saturated carbocycles. The van der Waals surface area contributed by atoms with Crippen LogP contribution in [0.4, 0.5) is 10.5 Å². The molecule has 1 aliphatic rings. The highest BCUT2D eigenvalue weighted by Crippen LogP contribution is 2.17. The van der Waals surface area contributed by atoms with E-state index in [1.165, 1.54) is 11.3 Å². The van der Waals surface area contributed by atoms with Gasteiger partial charge in [0.2, 0.25) is 0 Å². The van der Waals surface area contributed by atoms with Crippen LogP contribution in [0.3, 0.4) is 0 Å².